The van der Waals surface area contributed by atoms with Gasteiger partial charge in [0.1, 0.15) is 0 Å². The maximum absolute atomic E-state index is 12.6. The average molecular weight is 332 g/mol. The fraction of sp³-hybridized carbons (Fsp3) is 0.684. The van der Waals surface area contributed by atoms with Crippen molar-refractivity contribution < 1.29 is 14.0 Å². The first-order valence-corrected chi connectivity index (χ1v) is 9.37. The fourth-order valence-electron chi connectivity index (χ4n) is 4.19. The molecule has 0 bridgehead atoms. The average Bonchev–Trinajstić information content (AvgIpc) is 3.30. The van der Waals surface area contributed by atoms with Gasteiger partial charge in [0.2, 0.25) is 5.91 Å². The van der Waals surface area contributed by atoms with Gasteiger partial charge in [-0.05, 0) is 50.2 Å². The predicted molar refractivity (Wildman–Crippen MR) is 91.6 cm³/mol. The van der Waals surface area contributed by atoms with Gasteiger partial charge in [-0.1, -0.05) is 19.3 Å². The van der Waals surface area contributed by atoms with Crippen molar-refractivity contribution in [2.24, 2.45) is 5.92 Å². The topological polar surface area (TPSA) is 62.6 Å². The van der Waals surface area contributed by atoms with Gasteiger partial charge < -0.3 is 14.6 Å². The van der Waals surface area contributed by atoms with Crippen molar-refractivity contribution in [2.45, 2.75) is 63.8 Å². The summed E-state index contributed by atoms with van der Waals surface area (Å²) in [6.07, 6.45) is 11.6. The van der Waals surface area contributed by atoms with Crippen LogP contribution >= 0.6 is 0 Å². The van der Waals surface area contributed by atoms with Crippen LogP contribution in [0.2, 0.25) is 0 Å². The summed E-state index contributed by atoms with van der Waals surface area (Å²) < 4.78 is 5.05. The lowest BCUT2D eigenvalue weighted by molar-refractivity contribution is -0.133. The van der Waals surface area contributed by atoms with Gasteiger partial charge in [0.15, 0.2) is 5.76 Å². The lowest BCUT2D eigenvalue weighted by Crippen LogP contribution is -2.41. The highest BCUT2D eigenvalue weighted by atomic mass is 16.3. The molecule has 5 heteroatoms. The predicted octanol–water partition coefficient (Wildman–Crippen LogP) is 3.36. The molecule has 1 aromatic rings. The van der Waals surface area contributed by atoms with E-state index in [0.29, 0.717) is 37.1 Å². The van der Waals surface area contributed by atoms with Crippen LogP contribution in [0.3, 0.4) is 0 Å². The van der Waals surface area contributed by atoms with E-state index in [1.807, 2.05) is 0 Å². The minimum atomic E-state index is -0.214. The van der Waals surface area contributed by atoms with Crippen molar-refractivity contribution in [3.05, 3.63) is 24.2 Å². The van der Waals surface area contributed by atoms with Crippen LogP contribution < -0.4 is 5.32 Å². The SMILES string of the molecule is O=C(NCCCC(=O)N1CCC[C@H]1C1CCCCC1)c1ccco1. The van der Waals surface area contributed by atoms with Crippen LogP contribution in [0.25, 0.3) is 0 Å². The van der Waals surface area contributed by atoms with Gasteiger partial charge in [0, 0.05) is 25.6 Å². The summed E-state index contributed by atoms with van der Waals surface area (Å²) >= 11 is 0. The van der Waals surface area contributed by atoms with Gasteiger partial charge >= 0.3 is 0 Å². The second kappa shape index (κ2) is 8.36. The Hall–Kier alpha value is -1.78. The first-order chi connectivity index (χ1) is 11.8. The highest BCUT2D eigenvalue weighted by Crippen LogP contribution is 2.34. The molecule has 0 radical (unpaired) electrons. The number of carbonyl (C=O) groups is 2. The van der Waals surface area contributed by atoms with Crippen LogP contribution in [0.5, 0.6) is 0 Å². The Labute approximate surface area is 143 Å². The van der Waals surface area contributed by atoms with E-state index in [9.17, 15) is 9.59 Å². The van der Waals surface area contributed by atoms with Crippen molar-refractivity contribution in [3.63, 3.8) is 0 Å². The van der Waals surface area contributed by atoms with E-state index < -0.39 is 0 Å². The van der Waals surface area contributed by atoms with Crippen molar-refractivity contribution in [1.29, 1.82) is 0 Å². The number of likely N-dealkylation sites (tertiary alicyclic amines) is 1. The molecule has 24 heavy (non-hydrogen) atoms. The second-order valence-corrected chi connectivity index (χ2v) is 7.03. The zero-order valence-corrected chi connectivity index (χ0v) is 14.3. The Kier molecular flexibility index (Phi) is 5.94. The highest BCUT2D eigenvalue weighted by molar-refractivity contribution is 5.91. The van der Waals surface area contributed by atoms with Crippen LogP contribution in [-0.4, -0.2) is 35.8 Å². The molecule has 1 aliphatic heterocycles. The summed E-state index contributed by atoms with van der Waals surface area (Å²) in [7, 11) is 0. The molecule has 0 unspecified atom stereocenters. The molecule has 2 fully saturated rings. The Balaban J connectivity index is 1.40. The maximum Gasteiger partial charge on any atom is 0.286 e. The van der Waals surface area contributed by atoms with Crippen LogP contribution in [0.1, 0.15) is 68.3 Å². The third-order valence-corrected chi connectivity index (χ3v) is 5.41. The van der Waals surface area contributed by atoms with E-state index >= 15 is 0 Å². The van der Waals surface area contributed by atoms with Crippen molar-refractivity contribution in [1.82, 2.24) is 10.2 Å². The second-order valence-electron chi connectivity index (χ2n) is 7.03. The molecule has 1 saturated carbocycles. The molecule has 1 aliphatic carbocycles. The molecule has 3 rings (SSSR count). The number of amides is 2. The molecule has 1 atom stereocenters. The zero-order chi connectivity index (χ0) is 16.8. The first kappa shape index (κ1) is 17.1. The molecule has 0 spiro atoms. The van der Waals surface area contributed by atoms with Gasteiger partial charge in [-0.25, -0.2) is 0 Å². The number of carbonyl (C=O) groups excluding carboxylic acids is 2. The normalized spacial score (nSPS) is 21.8. The largest absolute Gasteiger partial charge is 0.459 e. The van der Waals surface area contributed by atoms with E-state index in [2.05, 4.69) is 10.2 Å². The molecule has 1 aromatic heterocycles. The molecule has 2 aliphatic rings. The summed E-state index contributed by atoms with van der Waals surface area (Å²) in [6, 6.07) is 3.80. The Morgan fingerprint density at radius 2 is 2.00 bits per heavy atom. The van der Waals surface area contributed by atoms with E-state index in [0.717, 1.165) is 13.0 Å². The number of nitrogens with zero attached hydrogens (tertiary/aromatic N) is 1. The Morgan fingerprint density at radius 1 is 1.17 bits per heavy atom. The van der Waals surface area contributed by atoms with Gasteiger partial charge in [-0.3, -0.25) is 9.59 Å². The van der Waals surface area contributed by atoms with E-state index in [-0.39, 0.29) is 11.8 Å². The molecular formula is C19H28N2O3. The molecule has 5 nitrogen and oxygen atoms in total. The van der Waals surface area contributed by atoms with Gasteiger partial charge in [0.05, 0.1) is 6.26 Å². The summed E-state index contributed by atoms with van der Waals surface area (Å²) in [6.45, 7) is 1.42. The number of hydrogen-bond acceptors (Lipinski definition) is 3. The molecule has 0 aromatic carbocycles. The quantitative estimate of drug-likeness (QED) is 0.813. The minimum absolute atomic E-state index is 0.214. The molecule has 1 saturated heterocycles. The number of rotatable bonds is 6. The van der Waals surface area contributed by atoms with E-state index in [1.54, 1.807) is 12.1 Å². The monoisotopic (exact) mass is 332 g/mol. The Morgan fingerprint density at radius 3 is 2.75 bits per heavy atom. The Bertz CT molecular complexity index is 535. The number of nitrogens with one attached hydrogen (secondary N) is 1. The van der Waals surface area contributed by atoms with Gasteiger partial charge in [-0.2, -0.15) is 0 Å². The van der Waals surface area contributed by atoms with Crippen LogP contribution in [0.15, 0.2) is 22.8 Å². The standard InChI is InChI=1S/C19H28N2O3/c22-18(11-4-12-20-19(23)17-10-6-14-24-17)21-13-5-9-16(21)15-7-2-1-3-8-15/h6,10,14-16H,1-5,7-9,11-13H2,(H,20,23)/t16-/m0/s1. The van der Waals surface area contributed by atoms with Gasteiger partial charge in [0.25, 0.3) is 5.91 Å². The van der Waals surface area contributed by atoms with Crippen molar-refractivity contribution in [3.8, 4) is 0 Å². The molecule has 1 N–H and O–H groups in total. The third kappa shape index (κ3) is 4.19. The van der Waals surface area contributed by atoms with E-state index in [4.69, 9.17) is 4.42 Å². The molecule has 2 amide bonds. The highest BCUT2D eigenvalue weighted by Gasteiger charge is 2.34. The zero-order valence-electron chi connectivity index (χ0n) is 14.3. The fourth-order valence-corrected chi connectivity index (χ4v) is 4.19. The van der Waals surface area contributed by atoms with Crippen LogP contribution in [0, 0.1) is 5.92 Å². The maximum atomic E-state index is 12.6. The minimum Gasteiger partial charge on any atom is -0.459 e. The summed E-state index contributed by atoms with van der Waals surface area (Å²) in [4.78, 5) is 26.5. The smallest absolute Gasteiger partial charge is 0.286 e. The van der Waals surface area contributed by atoms with E-state index in [1.165, 1.54) is 44.8 Å². The first-order valence-electron chi connectivity index (χ1n) is 9.37. The molecule has 132 valence electrons. The van der Waals surface area contributed by atoms with Crippen molar-refractivity contribution >= 4 is 11.8 Å². The molecule has 2 heterocycles. The number of hydrogen-bond donors (Lipinski definition) is 1. The summed E-state index contributed by atoms with van der Waals surface area (Å²) in [5, 5.41) is 2.80. The van der Waals surface area contributed by atoms with Crippen LogP contribution in [0.4, 0.5) is 0 Å². The lowest BCUT2D eigenvalue weighted by atomic mass is 9.83. The van der Waals surface area contributed by atoms with Crippen LogP contribution in [-0.2, 0) is 4.79 Å². The summed E-state index contributed by atoms with van der Waals surface area (Å²) in [5.74, 6) is 1.08. The third-order valence-electron chi connectivity index (χ3n) is 5.41. The molecular weight excluding hydrogens is 304 g/mol. The van der Waals surface area contributed by atoms with Gasteiger partial charge in [-0.15, -0.1) is 0 Å². The lowest BCUT2D eigenvalue weighted by Gasteiger charge is -2.34. The van der Waals surface area contributed by atoms with Crippen molar-refractivity contribution in [2.75, 3.05) is 13.1 Å². The summed E-state index contributed by atoms with van der Waals surface area (Å²) in [5.41, 5.74) is 0. The number of furan rings is 1.